The zero-order valence-electron chi connectivity index (χ0n) is 21.1. The Hall–Kier alpha value is -3.84. The summed E-state index contributed by atoms with van der Waals surface area (Å²) < 4.78 is 2.43. The molecule has 0 N–H and O–H groups in total. The van der Waals surface area contributed by atoms with Crippen LogP contribution in [0.2, 0.25) is 0 Å². The number of benzene rings is 4. The van der Waals surface area contributed by atoms with Crippen LogP contribution in [0.3, 0.4) is 0 Å². The Morgan fingerprint density at radius 1 is 0.486 bits per heavy atom. The highest BCUT2D eigenvalue weighted by Gasteiger charge is 2.20. The van der Waals surface area contributed by atoms with Crippen LogP contribution in [0.5, 0.6) is 0 Å². The van der Waals surface area contributed by atoms with E-state index in [2.05, 4.69) is 148 Å². The lowest BCUT2D eigenvalue weighted by Gasteiger charge is -2.17. The first-order valence-corrected chi connectivity index (χ1v) is 12.6. The molecule has 0 saturated heterocycles. The minimum Gasteiger partial charge on any atom is -0.309 e. The summed E-state index contributed by atoms with van der Waals surface area (Å²) in [6.07, 6.45) is 0. The Labute approximate surface area is 209 Å². The maximum Gasteiger partial charge on any atom is 0.0613 e. The second-order valence-corrected chi connectivity index (χ2v) is 9.88. The molecule has 0 radical (unpaired) electrons. The van der Waals surface area contributed by atoms with E-state index in [0.717, 1.165) is 0 Å². The van der Waals surface area contributed by atoms with Gasteiger partial charge in [0.15, 0.2) is 0 Å². The molecule has 1 heterocycles. The first-order valence-electron chi connectivity index (χ1n) is 12.6. The van der Waals surface area contributed by atoms with Crippen LogP contribution in [0.4, 0.5) is 0 Å². The number of hydrogen-bond donors (Lipinski definition) is 0. The summed E-state index contributed by atoms with van der Waals surface area (Å²) >= 11 is 0. The maximum atomic E-state index is 2.43. The van der Waals surface area contributed by atoms with E-state index < -0.39 is 0 Å². The standard InChI is InChI=1S/C34H33N/c1-24(2)26-15-19-29(20-16-26)33-23-32(28-11-7-5-8-12-28)34(35(33)31-13-9-6-10-14-31)30-21-17-27(18-22-30)25(3)4/h5-25H,1-4H3. The van der Waals surface area contributed by atoms with E-state index in [4.69, 9.17) is 0 Å². The third-order valence-electron chi connectivity index (χ3n) is 6.82. The molecule has 0 aliphatic heterocycles. The SMILES string of the molecule is CC(C)c1ccc(-c2cc(-c3ccccc3)c(-c3ccc(C(C)C)cc3)n2-c2ccccc2)cc1. The van der Waals surface area contributed by atoms with Gasteiger partial charge in [-0.15, -0.1) is 0 Å². The predicted octanol–water partition coefficient (Wildman–Crippen LogP) is 9.73. The minimum absolute atomic E-state index is 0.508. The van der Waals surface area contributed by atoms with Crippen molar-refractivity contribution in [3.05, 3.63) is 126 Å². The van der Waals surface area contributed by atoms with E-state index >= 15 is 0 Å². The van der Waals surface area contributed by atoms with E-state index in [1.807, 2.05) is 0 Å². The molecule has 1 aromatic heterocycles. The molecule has 0 amide bonds. The van der Waals surface area contributed by atoms with Gasteiger partial charge in [0.1, 0.15) is 0 Å². The van der Waals surface area contributed by atoms with Crippen LogP contribution < -0.4 is 0 Å². The molecule has 4 aromatic carbocycles. The molecule has 1 heteroatoms. The van der Waals surface area contributed by atoms with Gasteiger partial charge in [-0.2, -0.15) is 0 Å². The fourth-order valence-electron chi connectivity index (χ4n) is 4.76. The van der Waals surface area contributed by atoms with Gasteiger partial charge >= 0.3 is 0 Å². The summed E-state index contributed by atoms with van der Waals surface area (Å²) in [5.74, 6) is 1.02. The van der Waals surface area contributed by atoms with Gasteiger partial charge in [0.25, 0.3) is 0 Å². The van der Waals surface area contributed by atoms with Crippen LogP contribution in [0.25, 0.3) is 39.3 Å². The third kappa shape index (κ3) is 4.59. The van der Waals surface area contributed by atoms with Gasteiger partial charge in [-0.1, -0.05) is 125 Å². The first-order chi connectivity index (χ1) is 17.0. The molecule has 35 heavy (non-hydrogen) atoms. The summed E-state index contributed by atoms with van der Waals surface area (Å²) in [5.41, 5.74) is 11.2. The molecule has 0 saturated carbocycles. The highest BCUT2D eigenvalue weighted by Crippen LogP contribution is 2.41. The molecule has 5 rings (SSSR count). The van der Waals surface area contributed by atoms with Gasteiger partial charge in [0.2, 0.25) is 0 Å². The van der Waals surface area contributed by atoms with Crippen LogP contribution in [-0.4, -0.2) is 4.57 Å². The van der Waals surface area contributed by atoms with Crippen molar-refractivity contribution >= 4 is 0 Å². The van der Waals surface area contributed by atoms with Crippen molar-refractivity contribution < 1.29 is 0 Å². The number of rotatable bonds is 6. The van der Waals surface area contributed by atoms with Gasteiger partial charge in [-0.05, 0) is 57.9 Å². The molecular formula is C34H33N. The average Bonchev–Trinajstić information content (AvgIpc) is 3.30. The Bertz CT molecular complexity index is 1390. The van der Waals surface area contributed by atoms with Gasteiger partial charge in [-0.3, -0.25) is 0 Å². The van der Waals surface area contributed by atoms with E-state index in [0.29, 0.717) is 11.8 Å². The summed E-state index contributed by atoms with van der Waals surface area (Å²) in [7, 11) is 0. The fraction of sp³-hybridized carbons (Fsp3) is 0.176. The normalized spacial score (nSPS) is 11.4. The maximum absolute atomic E-state index is 2.43. The summed E-state index contributed by atoms with van der Waals surface area (Å²) in [6, 6.07) is 42.0. The molecule has 0 spiro atoms. The monoisotopic (exact) mass is 455 g/mol. The van der Waals surface area contributed by atoms with Gasteiger partial charge in [-0.25, -0.2) is 0 Å². The number of nitrogens with zero attached hydrogens (tertiary/aromatic N) is 1. The molecule has 0 aliphatic rings. The van der Waals surface area contributed by atoms with E-state index in [1.165, 1.54) is 50.5 Å². The van der Waals surface area contributed by atoms with E-state index in [-0.39, 0.29) is 0 Å². The van der Waals surface area contributed by atoms with Crippen molar-refractivity contribution in [1.29, 1.82) is 0 Å². The second-order valence-electron chi connectivity index (χ2n) is 9.88. The third-order valence-corrected chi connectivity index (χ3v) is 6.82. The van der Waals surface area contributed by atoms with E-state index in [9.17, 15) is 0 Å². The van der Waals surface area contributed by atoms with Crippen molar-refractivity contribution in [2.24, 2.45) is 0 Å². The highest BCUT2D eigenvalue weighted by atomic mass is 15.0. The Kier molecular flexibility index (Phi) is 6.42. The van der Waals surface area contributed by atoms with Crippen molar-refractivity contribution in [3.63, 3.8) is 0 Å². The summed E-state index contributed by atoms with van der Waals surface area (Å²) in [6.45, 7) is 8.98. The topological polar surface area (TPSA) is 4.93 Å². The van der Waals surface area contributed by atoms with Gasteiger partial charge in [0, 0.05) is 11.3 Å². The smallest absolute Gasteiger partial charge is 0.0613 e. The van der Waals surface area contributed by atoms with Crippen LogP contribution in [0.1, 0.15) is 50.7 Å². The minimum atomic E-state index is 0.508. The Morgan fingerprint density at radius 3 is 1.49 bits per heavy atom. The molecule has 5 aromatic rings. The molecule has 1 nitrogen and oxygen atoms in total. The molecule has 0 atom stereocenters. The summed E-state index contributed by atoms with van der Waals surface area (Å²) in [4.78, 5) is 0. The number of hydrogen-bond acceptors (Lipinski definition) is 0. The van der Waals surface area contributed by atoms with Crippen molar-refractivity contribution in [2.45, 2.75) is 39.5 Å². The average molecular weight is 456 g/mol. The zero-order chi connectivity index (χ0) is 24.4. The molecule has 0 unspecified atom stereocenters. The van der Waals surface area contributed by atoms with Gasteiger partial charge in [0.05, 0.1) is 11.4 Å². The van der Waals surface area contributed by atoms with Crippen LogP contribution in [0.15, 0.2) is 115 Å². The fourth-order valence-corrected chi connectivity index (χ4v) is 4.76. The van der Waals surface area contributed by atoms with E-state index in [1.54, 1.807) is 0 Å². The lowest BCUT2D eigenvalue weighted by atomic mass is 9.97. The summed E-state index contributed by atoms with van der Waals surface area (Å²) in [5, 5.41) is 0. The Morgan fingerprint density at radius 2 is 0.971 bits per heavy atom. The molecule has 174 valence electrons. The number of aromatic nitrogens is 1. The lowest BCUT2D eigenvalue weighted by Crippen LogP contribution is -2.00. The largest absolute Gasteiger partial charge is 0.309 e. The van der Waals surface area contributed by atoms with Crippen LogP contribution in [0, 0.1) is 0 Å². The quantitative estimate of drug-likeness (QED) is 0.240. The number of para-hydroxylation sites is 1. The molecule has 0 bridgehead atoms. The van der Waals surface area contributed by atoms with Crippen LogP contribution >= 0.6 is 0 Å². The molecule has 0 fully saturated rings. The Balaban J connectivity index is 1.81. The lowest BCUT2D eigenvalue weighted by molar-refractivity contribution is 0.866. The first kappa shape index (κ1) is 22.9. The second kappa shape index (κ2) is 9.80. The highest BCUT2D eigenvalue weighted by molar-refractivity contribution is 5.88. The van der Waals surface area contributed by atoms with Crippen molar-refractivity contribution in [2.75, 3.05) is 0 Å². The zero-order valence-corrected chi connectivity index (χ0v) is 21.1. The van der Waals surface area contributed by atoms with Gasteiger partial charge < -0.3 is 4.57 Å². The van der Waals surface area contributed by atoms with Crippen molar-refractivity contribution in [3.8, 4) is 39.3 Å². The predicted molar refractivity (Wildman–Crippen MR) is 150 cm³/mol. The van der Waals surface area contributed by atoms with Crippen LogP contribution in [-0.2, 0) is 0 Å². The molecule has 0 aliphatic carbocycles. The van der Waals surface area contributed by atoms with Crippen molar-refractivity contribution in [1.82, 2.24) is 4.57 Å². The molecular weight excluding hydrogens is 422 g/mol.